The van der Waals surface area contributed by atoms with E-state index in [4.69, 9.17) is 28.8 Å². The average molecular weight is 577 g/mol. The number of halogens is 1. The summed E-state index contributed by atoms with van der Waals surface area (Å²) in [6.07, 6.45) is 9.30. The van der Waals surface area contributed by atoms with Crippen LogP contribution in [0.2, 0.25) is 0 Å². The molecule has 11 N–H and O–H groups in total. The molecule has 0 saturated carbocycles. The molecule has 0 rings (SSSR count). The summed E-state index contributed by atoms with van der Waals surface area (Å²) < 4.78 is 0. The SMILES string of the molecule is CNC(CCCCN)C(=O)NC(CCCCN)C(=O)NC(CCCCN)C(=O)NCCCCCCNC(=O)Cl. The van der Waals surface area contributed by atoms with E-state index in [1.807, 2.05) is 0 Å². The number of hydrogen-bond acceptors (Lipinski definition) is 8. The zero-order valence-corrected chi connectivity index (χ0v) is 24.5. The van der Waals surface area contributed by atoms with Crippen LogP contribution < -0.4 is 43.8 Å². The first-order chi connectivity index (χ1) is 18.8. The summed E-state index contributed by atoms with van der Waals surface area (Å²) >= 11 is 5.24. The zero-order valence-electron chi connectivity index (χ0n) is 23.7. The van der Waals surface area contributed by atoms with Crippen molar-refractivity contribution >= 4 is 34.7 Å². The lowest BCUT2D eigenvalue weighted by molar-refractivity contribution is -0.133. The highest BCUT2D eigenvalue weighted by Crippen LogP contribution is 2.08. The summed E-state index contributed by atoms with van der Waals surface area (Å²) in [6, 6.07) is -1.93. The van der Waals surface area contributed by atoms with Crippen molar-refractivity contribution in [2.75, 3.05) is 39.8 Å². The second-order valence-electron chi connectivity index (χ2n) is 9.72. The molecule has 0 aliphatic carbocycles. The Morgan fingerprint density at radius 3 is 1.41 bits per heavy atom. The first-order valence-corrected chi connectivity index (χ1v) is 14.8. The lowest BCUT2D eigenvalue weighted by Gasteiger charge is -2.25. The van der Waals surface area contributed by atoms with Gasteiger partial charge in [-0.2, -0.15) is 0 Å². The van der Waals surface area contributed by atoms with Gasteiger partial charge in [0.05, 0.1) is 6.04 Å². The molecule has 12 nitrogen and oxygen atoms in total. The van der Waals surface area contributed by atoms with Gasteiger partial charge in [-0.15, -0.1) is 0 Å². The number of rotatable bonds is 25. The van der Waals surface area contributed by atoms with E-state index in [0.717, 1.165) is 51.4 Å². The summed E-state index contributed by atoms with van der Waals surface area (Å²) in [5, 5.41) is 13.6. The Bertz CT molecular complexity index is 686. The molecular formula is C26H53ClN8O4. The minimum absolute atomic E-state index is 0.253. The molecule has 0 aromatic rings. The second-order valence-corrected chi connectivity index (χ2v) is 10.1. The highest BCUT2D eigenvalue weighted by Gasteiger charge is 2.28. The Kier molecular flexibility index (Phi) is 23.7. The van der Waals surface area contributed by atoms with Crippen molar-refractivity contribution in [1.29, 1.82) is 0 Å². The lowest BCUT2D eigenvalue weighted by atomic mass is 10.0. The summed E-state index contributed by atoms with van der Waals surface area (Å²) in [4.78, 5) is 49.8. The highest BCUT2D eigenvalue weighted by atomic mass is 35.5. The van der Waals surface area contributed by atoms with Crippen LogP contribution in [-0.2, 0) is 14.4 Å². The van der Waals surface area contributed by atoms with Gasteiger partial charge in [0.1, 0.15) is 12.1 Å². The lowest BCUT2D eigenvalue weighted by Crippen LogP contribution is -2.56. The van der Waals surface area contributed by atoms with Crippen LogP contribution in [-0.4, -0.2) is 81.0 Å². The topological polar surface area (TPSA) is 206 Å². The molecule has 0 saturated heterocycles. The quantitative estimate of drug-likeness (QED) is 0.0436. The first-order valence-electron chi connectivity index (χ1n) is 14.4. The minimum atomic E-state index is -0.771. The van der Waals surface area contributed by atoms with Crippen molar-refractivity contribution in [3.8, 4) is 0 Å². The number of carbonyl (C=O) groups is 4. The maximum atomic E-state index is 13.3. The molecule has 0 spiro atoms. The number of hydrogen-bond donors (Lipinski definition) is 8. The molecule has 0 heterocycles. The monoisotopic (exact) mass is 576 g/mol. The molecule has 0 aromatic carbocycles. The van der Waals surface area contributed by atoms with E-state index in [9.17, 15) is 19.2 Å². The van der Waals surface area contributed by atoms with Crippen LogP contribution in [0.4, 0.5) is 4.79 Å². The minimum Gasteiger partial charge on any atom is -0.354 e. The third kappa shape index (κ3) is 19.7. The number of carbonyl (C=O) groups excluding carboxylic acids is 4. The average Bonchev–Trinajstić information content (AvgIpc) is 2.91. The first kappa shape index (κ1) is 37.0. The van der Waals surface area contributed by atoms with Gasteiger partial charge in [-0.05, 0) is 102 Å². The Morgan fingerprint density at radius 1 is 0.564 bits per heavy atom. The van der Waals surface area contributed by atoms with Gasteiger partial charge in [0.25, 0.3) is 0 Å². The number of likely N-dealkylation sites (N-methyl/N-ethyl adjacent to an activating group) is 1. The Hall–Kier alpha value is -1.99. The normalized spacial score (nSPS) is 13.3. The fourth-order valence-electron chi connectivity index (χ4n) is 4.09. The summed E-state index contributed by atoms with van der Waals surface area (Å²) in [5.41, 5.74) is 16.8. The van der Waals surface area contributed by atoms with Crippen molar-refractivity contribution in [1.82, 2.24) is 26.6 Å². The molecule has 228 valence electrons. The van der Waals surface area contributed by atoms with Crippen molar-refractivity contribution in [2.45, 2.75) is 102 Å². The number of amides is 4. The molecule has 4 amide bonds. The molecule has 0 aromatic heterocycles. The molecular weight excluding hydrogens is 524 g/mol. The molecule has 0 aliphatic rings. The third-order valence-corrected chi connectivity index (χ3v) is 6.57. The Balaban J connectivity index is 5.05. The maximum Gasteiger partial charge on any atom is 0.313 e. The summed E-state index contributed by atoms with van der Waals surface area (Å²) in [7, 11) is 1.71. The van der Waals surface area contributed by atoms with E-state index < -0.39 is 23.5 Å². The standard InChI is InChI=1S/C26H53ClN8O4/c1-31-20(12-4-7-15-28)24(37)35-22(14-6-9-17-30)25(38)34-21(13-5-8-16-29)23(36)32-18-10-2-3-11-19-33-26(27)39/h20-22,31H,2-19,28-30H2,1H3,(H,32,36)(H,33,39)(H,34,38)(H,35,37). The van der Waals surface area contributed by atoms with Crippen LogP contribution in [0.25, 0.3) is 0 Å². The van der Waals surface area contributed by atoms with Gasteiger partial charge in [-0.25, -0.2) is 0 Å². The number of nitrogens with one attached hydrogen (secondary N) is 5. The van der Waals surface area contributed by atoms with Gasteiger partial charge in [-0.1, -0.05) is 19.3 Å². The molecule has 0 aliphatic heterocycles. The van der Waals surface area contributed by atoms with Crippen molar-refractivity contribution in [2.24, 2.45) is 17.2 Å². The van der Waals surface area contributed by atoms with Gasteiger partial charge in [0.15, 0.2) is 0 Å². The Morgan fingerprint density at radius 2 is 0.974 bits per heavy atom. The largest absolute Gasteiger partial charge is 0.354 e. The van der Waals surface area contributed by atoms with Crippen molar-refractivity contribution in [3.05, 3.63) is 0 Å². The van der Waals surface area contributed by atoms with Crippen LogP contribution in [0.15, 0.2) is 0 Å². The van der Waals surface area contributed by atoms with Crippen LogP contribution in [0.3, 0.4) is 0 Å². The van der Waals surface area contributed by atoms with Crippen LogP contribution in [0, 0.1) is 0 Å². The fraction of sp³-hybridized carbons (Fsp3) is 0.846. The number of unbranched alkanes of at least 4 members (excludes halogenated alkanes) is 6. The predicted octanol–water partition coefficient (Wildman–Crippen LogP) is 0.556. The molecule has 0 fully saturated rings. The molecule has 39 heavy (non-hydrogen) atoms. The van der Waals surface area contributed by atoms with Crippen LogP contribution in [0.1, 0.15) is 83.5 Å². The smallest absolute Gasteiger partial charge is 0.313 e. The highest BCUT2D eigenvalue weighted by molar-refractivity contribution is 6.62. The van der Waals surface area contributed by atoms with E-state index in [1.54, 1.807) is 7.05 Å². The molecule has 3 atom stereocenters. The van der Waals surface area contributed by atoms with E-state index in [1.165, 1.54) is 0 Å². The van der Waals surface area contributed by atoms with Gasteiger partial charge < -0.3 is 43.8 Å². The van der Waals surface area contributed by atoms with Crippen molar-refractivity contribution in [3.63, 3.8) is 0 Å². The summed E-state index contributed by atoms with van der Waals surface area (Å²) in [5.74, 6) is -0.889. The predicted molar refractivity (Wildman–Crippen MR) is 156 cm³/mol. The third-order valence-electron chi connectivity index (χ3n) is 6.44. The number of nitrogens with two attached hydrogens (primary N) is 3. The van der Waals surface area contributed by atoms with E-state index in [-0.39, 0.29) is 17.7 Å². The van der Waals surface area contributed by atoms with Crippen molar-refractivity contribution < 1.29 is 19.2 Å². The van der Waals surface area contributed by atoms with E-state index in [2.05, 4.69) is 26.6 Å². The van der Waals surface area contributed by atoms with E-state index in [0.29, 0.717) is 64.8 Å². The van der Waals surface area contributed by atoms with Gasteiger partial charge in [-0.3, -0.25) is 19.2 Å². The van der Waals surface area contributed by atoms with Crippen LogP contribution >= 0.6 is 11.6 Å². The van der Waals surface area contributed by atoms with E-state index >= 15 is 0 Å². The molecule has 0 bridgehead atoms. The fourth-order valence-corrected chi connectivity index (χ4v) is 4.19. The molecule has 13 heteroatoms. The Labute approximate surface area is 239 Å². The maximum absolute atomic E-state index is 13.3. The van der Waals surface area contributed by atoms with Gasteiger partial charge in [0, 0.05) is 13.1 Å². The zero-order chi connectivity index (χ0) is 29.3. The van der Waals surface area contributed by atoms with Gasteiger partial charge >= 0.3 is 5.37 Å². The molecule has 0 radical (unpaired) electrons. The molecule has 3 unspecified atom stereocenters. The second kappa shape index (κ2) is 25.0. The summed E-state index contributed by atoms with van der Waals surface area (Å²) in [6.45, 7) is 2.55. The van der Waals surface area contributed by atoms with Gasteiger partial charge in [0.2, 0.25) is 17.7 Å². The van der Waals surface area contributed by atoms with Crippen LogP contribution in [0.5, 0.6) is 0 Å².